The van der Waals surface area contributed by atoms with E-state index < -0.39 is 6.09 Å². The molecular formula is C15H22N2O2. The number of rotatable bonds is 2. The average Bonchev–Trinajstić information content (AvgIpc) is 2.37. The largest absolute Gasteiger partial charge is 0.465 e. The van der Waals surface area contributed by atoms with Crippen molar-refractivity contribution in [3.8, 4) is 0 Å². The van der Waals surface area contributed by atoms with Crippen LogP contribution in [-0.2, 0) is 6.42 Å². The highest BCUT2D eigenvalue weighted by molar-refractivity contribution is 5.66. The third-order valence-corrected chi connectivity index (χ3v) is 4.49. The summed E-state index contributed by atoms with van der Waals surface area (Å²) in [5, 5.41) is 9.46. The second-order valence-corrected chi connectivity index (χ2v) is 5.61. The van der Waals surface area contributed by atoms with Gasteiger partial charge in [-0.2, -0.15) is 0 Å². The number of hydrogen-bond acceptors (Lipinski definition) is 2. The lowest BCUT2D eigenvalue weighted by Gasteiger charge is -2.51. The highest BCUT2D eigenvalue weighted by atomic mass is 16.4. The summed E-state index contributed by atoms with van der Waals surface area (Å²) in [6.07, 6.45) is -0.0792. The first-order valence-electron chi connectivity index (χ1n) is 6.70. The number of carboxylic acid groups (broad SMARTS) is 1. The van der Waals surface area contributed by atoms with E-state index in [0.29, 0.717) is 6.54 Å². The number of likely N-dealkylation sites (N-methyl/N-ethyl adjacent to an activating group) is 1. The molecule has 0 aliphatic carbocycles. The second-order valence-electron chi connectivity index (χ2n) is 5.61. The fraction of sp³-hybridized carbons (Fsp3) is 0.533. The maximum Gasteiger partial charge on any atom is 0.407 e. The summed E-state index contributed by atoms with van der Waals surface area (Å²) >= 11 is 0. The van der Waals surface area contributed by atoms with Crippen LogP contribution in [0.2, 0.25) is 0 Å². The Morgan fingerprint density at radius 2 is 2.00 bits per heavy atom. The van der Waals surface area contributed by atoms with Crippen molar-refractivity contribution in [2.45, 2.75) is 31.8 Å². The van der Waals surface area contributed by atoms with Crippen molar-refractivity contribution >= 4 is 6.09 Å². The van der Waals surface area contributed by atoms with Gasteiger partial charge in [-0.05, 0) is 32.9 Å². The van der Waals surface area contributed by atoms with Gasteiger partial charge in [0, 0.05) is 19.1 Å². The predicted molar refractivity (Wildman–Crippen MR) is 75.4 cm³/mol. The Morgan fingerprint density at radius 3 is 2.58 bits per heavy atom. The number of piperazine rings is 1. The van der Waals surface area contributed by atoms with Crippen LogP contribution < -0.4 is 0 Å². The molecule has 1 amide bonds. The van der Waals surface area contributed by atoms with Gasteiger partial charge in [-0.15, -0.1) is 0 Å². The molecule has 4 heteroatoms. The molecule has 1 aliphatic rings. The van der Waals surface area contributed by atoms with Gasteiger partial charge in [-0.25, -0.2) is 4.79 Å². The summed E-state index contributed by atoms with van der Waals surface area (Å²) in [6.45, 7) is 5.52. The summed E-state index contributed by atoms with van der Waals surface area (Å²) in [5.41, 5.74) is 0.790. The van der Waals surface area contributed by atoms with Crippen molar-refractivity contribution in [3.05, 3.63) is 35.9 Å². The number of nitrogens with zero attached hydrogens (tertiary/aromatic N) is 2. The van der Waals surface area contributed by atoms with Gasteiger partial charge in [0.15, 0.2) is 0 Å². The normalized spacial score (nSPS) is 28.4. The van der Waals surface area contributed by atoms with Gasteiger partial charge in [-0.3, -0.25) is 9.80 Å². The van der Waals surface area contributed by atoms with E-state index in [1.165, 1.54) is 5.56 Å². The van der Waals surface area contributed by atoms with E-state index in [9.17, 15) is 9.90 Å². The minimum Gasteiger partial charge on any atom is -0.465 e. The second kappa shape index (κ2) is 5.21. The SMILES string of the molecule is C[C@@H]1N(C)CCN(C(=O)O)[C@@]1(C)Cc1ccccc1. The van der Waals surface area contributed by atoms with Crippen molar-refractivity contribution < 1.29 is 9.90 Å². The Labute approximate surface area is 114 Å². The molecule has 1 aromatic carbocycles. The lowest BCUT2D eigenvalue weighted by atomic mass is 9.82. The highest BCUT2D eigenvalue weighted by Gasteiger charge is 2.45. The van der Waals surface area contributed by atoms with Crippen LogP contribution >= 0.6 is 0 Å². The quantitative estimate of drug-likeness (QED) is 0.889. The van der Waals surface area contributed by atoms with Crippen LogP contribution in [0.15, 0.2) is 30.3 Å². The van der Waals surface area contributed by atoms with Crippen LogP contribution in [0.5, 0.6) is 0 Å². The predicted octanol–water partition coefficient (Wildman–Crippen LogP) is 2.30. The molecular weight excluding hydrogens is 240 g/mol. The lowest BCUT2D eigenvalue weighted by molar-refractivity contribution is -0.0130. The molecule has 104 valence electrons. The molecule has 0 aromatic heterocycles. The Morgan fingerprint density at radius 1 is 1.37 bits per heavy atom. The van der Waals surface area contributed by atoms with Crippen LogP contribution in [0.1, 0.15) is 19.4 Å². The first-order valence-corrected chi connectivity index (χ1v) is 6.70. The van der Waals surface area contributed by atoms with E-state index in [0.717, 1.165) is 13.0 Å². The van der Waals surface area contributed by atoms with E-state index in [1.54, 1.807) is 4.90 Å². The monoisotopic (exact) mass is 262 g/mol. The Kier molecular flexibility index (Phi) is 3.80. The van der Waals surface area contributed by atoms with Gasteiger partial charge in [0.25, 0.3) is 0 Å². The zero-order valence-corrected chi connectivity index (χ0v) is 11.8. The Bertz CT molecular complexity index is 449. The first-order chi connectivity index (χ1) is 8.95. The van der Waals surface area contributed by atoms with Gasteiger partial charge in [0.05, 0.1) is 5.54 Å². The van der Waals surface area contributed by atoms with Crippen LogP contribution in [-0.4, -0.2) is 52.7 Å². The van der Waals surface area contributed by atoms with Crippen molar-refractivity contribution in [1.82, 2.24) is 9.80 Å². The number of carbonyl (C=O) groups is 1. The summed E-state index contributed by atoms with van der Waals surface area (Å²) in [7, 11) is 2.06. The number of amides is 1. The molecule has 1 fully saturated rings. The summed E-state index contributed by atoms with van der Waals surface area (Å²) in [4.78, 5) is 15.4. The number of benzene rings is 1. The summed E-state index contributed by atoms with van der Waals surface area (Å²) < 4.78 is 0. The van der Waals surface area contributed by atoms with Gasteiger partial charge in [0.2, 0.25) is 0 Å². The third-order valence-electron chi connectivity index (χ3n) is 4.49. The molecule has 19 heavy (non-hydrogen) atoms. The van der Waals surface area contributed by atoms with Crippen molar-refractivity contribution in [3.63, 3.8) is 0 Å². The van der Waals surface area contributed by atoms with Gasteiger partial charge in [0.1, 0.15) is 0 Å². The molecule has 1 aromatic rings. The fourth-order valence-corrected chi connectivity index (χ4v) is 2.97. The standard InChI is InChI=1S/C15H22N2O2/c1-12-15(2,11-13-7-5-4-6-8-13)17(14(18)19)10-9-16(12)3/h4-8,12H,9-11H2,1-3H3,(H,18,19)/t12-,15-/m0/s1. The zero-order chi connectivity index (χ0) is 14.0. The van der Waals surface area contributed by atoms with Crippen molar-refractivity contribution in [1.29, 1.82) is 0 Å². The molecule has 1 heterocycles. The lowest BCUT2D eigenvalue weighted by Crippen LogP contribution is -2.67. The van der Waals surface area contributed by atoms with Crippen LogP contribution in [0.3, 0.4) is 0 Å². The first kappa shape index (κ1) is 13.9. The Hall–Kier alpha value is -1.55. The van der Waals surface area contributed by atoms with Crippen LogP contribution in [0.25, 0.3) is 0 Å². The third kappa shape index (κ3) is 2.59. The Balaban J connectivity index is 2.31. The van der Waals surface area contributed by atoms with E-state index in [-0.39, 0.29) is 11.6 Å². The van der Waals surface area contributed by atoms with Gasteiger partial charge >= 0.3 is 6.09 Å². The fourth-order valence-electron chi connectivity index (χ4n) is 2.97. The molecule has 0 radical (unpaired) electrons. The van der Waals surface area contributed by atoms with E-state index >= 15 is 0 Å². The molecule has 1 aliphatic heterocycles. The van der Waals surface area contributed by atoms with Crippen LogP contribution in [0.4, 0.5) is 4.79 Å². The van der Waals surface area contributed by atoms with Gasteiger partial charge < -0.3 is 5.11 Å². The topological polar surface area (TPSA) is 43.8 Å². The van der Waals surface area contributed by atoms with E-state index in [2.05, 4.69) is 37.9 Å². The molecule has 2 rings (SSSR count). The maximum atomic E-state index is 11.5. The zero-order valence-electron chi connectivity index (χ0n) is 11.8. The van der Waals surface area contributed by atoms with Gasteiger partial charge in [-0.1, -0.05) is 30.3 Å². The molecule has 0 unspecified atom stereocenters. The van der Waals surface area contributed by atoms with Crippen molar-refractivity contribution in [2.24, 2.45) is 0 Å². The molecule has 4 nitrogen and oxygen atoms in total. The molecule has 0 spiro atoms. The minimum absolute atomic E-state index is 0.192. The van der Waals surface area contributed by atoms with E-state index in [1.807, 2.05) is 18.2 Å². The summed E-state index contributed by atoms with van der Waals surface area (Å²) in [5.74, 6) is 0. The summed E-state index contributed by atoms with van der Waals surface area (Å²) in [6, 6.07) is 10.3. The number of hydrogen-bond donors (Lipinski definition) is 1. The van der Waals surface area contributed by atoms with E-state index in [4.69, 9.17) is 0 Å². The molecule has 1 N–H and O–H groups in total. The molecule has 2 atom stereocenters. The van der Waals surface area contributed by atoms with Crippen molar-refractivity contribution in [2.75, 3.05) is 20.1 Å². The van der Waals surface area contributed by atoms with Crippen LogP contribution in [0, 0.1) is 0 Å². The maximum absolute atomic E-state index is 11.5. The minimum atomic E-state index is -0.821. The highest BCUT2D eigenvalue weighted by Crippen LogP contribution is 2.30. The molecule has 1 saturated heterocycles. The smallest absolute Gasteiger partial charge is 0.407 e. The molecule has 0 saturated carbocycles. The average molecular weight is 262 g/mol. The molecule has 0 bridgehead atoms.